The normalized spacial score (nSPS) is 11.2. The number of rotatable bonds is 3. The standard InChI is InChI=1S/C20H10N12/c1-25-7-13-11(5-23)29-17-15-16(28-10(4-22)9(3-21)27-15)18-20(19(17)31-13)32-14(8-26-2)12(6-24)30-18/h5,7-8,23H,1-2H3/b23-5?,25-7+,26-8+. The number of nitrogens with zero attached hydrogens (tertiary/aromatic N) is 11. The highest BCUT2D eigenvalue weighted by Gasteiger charge is 2.22. The van der Waals surface area contributed by atoms with Crippen molar-refractivity contribution in [3.63, 3.8) is 0 Å². The van der Waals surface area contributed by atoms with Crippen LogP contribution in [0.4, 0.5) is 0 Å². The first-order valence-electron chi connectivity index (χ1n) is 8.92. The van der Waals surface area contributed by atoms with Crippen molar-refractivity contribution >= 4 is 51.7 Å². The van der Waals surface area contributed by atoms with Gasteiger partial charge in [-0.2, -0.15) is 15.8 Å². The molecular formula is C20H10N12. The average molecular weight is 418 g/mol. The molecule has 0 aliphatic carbocycles. The van der Waals surface area contributed by atoms with Crippen LogP contribution in [0, 0.1) is 39.4 Å². The second-order valence-electron chi connectivity index (χ2n) is 6.22. The lowest BCUT2D eigenvalue weighted by Crippen LogP contribution is -2.07. The van der Waals surface area contributed by atoms with Crippen molar-refractivity contribution < 1.29 is 0 Å². The van der Waals surface area contributed by atoms with Gasteiger partial charge in [0.1, 0.15) is 68.4 Å². The minimum atomic E-state index is -0.199. The second kappa shape index (κ2) is 7.86. The lowest BCUT2D eigenvalue weighted by molar-refractivity contribution is 1.17. The van der Waals surface area contributed by atoms with Crippen LogP contribution in [0.1, 0.15) is 34.2 Å². The quantitative estimate of drug-likeness (QED) is 0.375. The third kappa shape index (κ3) is 2.95. The van der Waals surface area contributed by atoms with Gasteiger partial charge in [-0.3, -0.25) is 9.98 Å². The van der Waals surface area contributed by atoms with E-state index in [0.29, 0.717) is 5.69 Å². The van der Waals surface area contributed by atoms with Crippen molar-refractivity contribution in [3.05, 3.63) is 34.2 Å². The molecule has 0 radical (unpaired) electrons. The van der Waals surface area contributed by atoms with Crippen LogP contribution in [0.5, 0.6) is 0 Å². The summed E-state index contributed by atoms with van der Waals surface area (Å²) in [5.41, 5.74) is 1.52. The molecule has 1 N–H and O–H groups in total. The molecule has 4 aromatic rings. The summed E-state index contributed by atoms with van der Waals surface area (Å²) >= 11 is 0. The predicted molar refractivity (Wildman–Crippen MR) is 115 cm³/mol. The van der Waals surface area contributed by atoms with Gasteiger partial charge in [0, 0.05) is 32.7 Å². The van der Waals surface area contributed by atoms with E-state index in [0.717, 1.165) is 6.21 Å². The largest absolute Gasteiger partial charge is 0.306 e. The summed E-state index contributed by atoms with van der Waals surface area (Å²) in [4.78, 5) is 34.3. The molecule has 0 saturated heterocycles. The van der Waals surface area contributed by atoms with Crippen LogP contribution >= 0.6 is 0 Å². The minimum absolute atomic E-state index is 0.00664. The number of hydrogen-bond donors (Lipinski definition) is 1. The molecular weight excluding hydrogens is 408 g/mol. The first-order valence-corrected chi connectivity index (χ1v) is 8.92. The molecule has 4 rings (SSSR count). The SMILES string of the molecule is C/N=C/c1nc2c(nc1C#N)c1nc(C#N)c(C#N)nc1c1nc(C=N)c(/C=N/C)nc12. The first kappa shape index (κ1) is 20.0. The second-order valence-corrected chi connectivity index (χ2v) is 6.22. The molecule has 3 aromatic heterocycles. The highest BCUT2D eigenvalue weighted by Crippen LogP contribution is 2.30. The van der Waals surface area contributed by atoms with Gasteiger partial charge in [-0.25, -0.2) is 29.9 Å². The molecule has 0 unspecified atom stereocenters. The van der Waals surface area contributed by atoms with Crippen LogP contribution in [-0.4, -0.2) is 62.6 Å². The maximum Gasteiger partial charge on any atom is 0.177 e. The Morgan fingerprint density at radius 1 is 0.594 bits per heavy atom. The molecule has 0 aliphatic heterocycles. The predicted octanol–water partition coefficient (Wildman–Crippen LogP) is 1.23. The third-order valence-electron chi connectivity index (χ3n) is 4.40. The first-order chi connectivity index (χ1) is 15.6. The maximum atomic E-state index is 9.54. The Hall–Kier alpha value is -5.28. The summed E-state index contributed by atoms with van der Waals surface area (Å²) < 4.78 is 0. The molecule has 0 bridgehead atoms. The Morgan fingerprint density at radius 3 is 1.41 bits per heavy atom. The van der Waals surface area contributed by atoms with Crippen molar-refractivity contribution in [1.29, 1.82) is 21.2 Å². The van der Waals surface area contributed by atoms with Crippen LogP contribution in [0.15, 0.2) is 9.98 Å². The molecule has 12 heteroatoms. The molecule has 0 saturated carbocycles. The lowest BCUT2D eigenvalue weighted by atomic mass is 10.1. The van der Waals surface area contributed by atoms with Gasteiger partial charge in [-0.1, -0.05) is 0 Å². The summed E-state index contributed by atoms with van der Waals surface area (Å²) in [5.74, 6) is 0. The fourth-order valence-electron chi connectivity index (χ4n) is 3.11. The number of aromatic nitrogens is 6. The smallest absolute Gasteiger partial charge is 0.177 e. The molecule has 3 heterocycles. The lowest BCUT2D eigenvalue weighted by Gasteiger charge is -2.10. The zero-order valence-electron chi connectivity index (χ0n) is 16.7. The van der Waals surface area contributed by atoms with E-state index in [-0.39, 0.29) is 61.6 Å². The number of fused-ring (bicyclic) bond motifs is 6. The summed E-state index contributed by atoms with van der Waals surface area (Å²) in [7, 11) is 3.09. The van der Waals surface area contributed by atoms with Gasteiger partial charge in [0.25, 0.3) is 0 Å². The fourth-order valence-corrected chi connectivity index (χ4v) is 3.11. The van der Waals surface area contributed by atoms with E-state index in [9.17, 15) is 15.8 Å². The Bertz CT molecular complexity index is 1640. The Morgan fingerprint density at radius 2 is 0.969 bits per heavy atom. The molecule has 0 spiro atoms. The molecule has 0 aliphatic rings. The summed E-state index contributed by atoms with van der Waals surface area (Å²) in [5, 5.41) is 36.0. The molecule has 0 fully saturated rings. The number of nitriles is 3. The highest BCUT2D eigenvalue weighted by atomic mass is 14.9. The van der Waals surface area contributed by atoms with Crippen molar-refractivity contribution in [2.75, 3.05) is 14.1 Å². The highest BCUT2D eigenvalue weighted by molar-refractivity contribution is 6.19. The van der Waals surface area contributed by atoms with Gasteiger partial charge >= 0.3 is 0 Å². The molecule has 32 heavy (non-hydrogen) atoms. The summed E-state index contributed by atoms with van der Waals surface area (Å²) in [6.45, 7) is 0. The third-order valence-corrected chi connectivity index (χ3v) is 4.40. The molecule has 1 aromatic carbocycles. The van der Waals surface area contributed by atoms with E-state index < -0.39 is 0 Å². The summed E-state index contributed by atoms with van der Waals surface area (Å²) in [6.07, 6.45) is 3.85. The molecule has 150 valence electrons. The van der Waals surface area contributed by atoms with Crippen molar-refractivity contribution in [1.82, 2.24) is 29.9 Å². The zero-order chi connectivity index (χ0) is 22.8. The molecule has 0 amide bonds. The van der Waals surface area contributed by atoms with Gasteiger partial charge in [-0.15, -0.1) is 0 Å². The average Bonchev–Trinajstić information content (AvgIpc) is 2.83. The van der Waals surface area contributed by atoms with Crippen molar-refractivity contribution in [2.45, 2.75) is 0 Å². The van der Waals surface area contributed by atoms with Crippen molar-refractivity contribution in [3.8, 4) is 18.2 Å². The number of benzene rings is 1. The van der Waals surface area contributed by atoms with E-state index in [1.54, 1.807) is 7.05 Å². The number of nitrogens with one attached hydrogen (secondary N) is 1. The molecule has 0 atom stereocenters. The van der Waals surface area contributed by atoms with Gasteiger partial charge in [0.05, 0.1) is 0 Å². The topological polar surface area (TPSA) is 197 Å². The van der Waals surface area contributed by atoms with E-state index in [4.69, 9.17) is 5.41 Å². The minimum Gasteiger partial charge on any atom is -0.306 e. The fraction of sp³-hybridized carbons (Fsp3) is 0.100. The zero-order valence-corrected chi connectivity index (χ0v) is 16.7. The van der Waals surface area contributed by atoms with Crippen LogP contribution in [0.2, 0.25) is 0 Å². The summed E-state index contributed by atoms with van der Waals surface area (Å²) in [6, 6.07) is 5.65. The van der Waals surface area contributed by atoms with E-state index in [1.165, 1.54) is 19.5 Å². The van der Waals surface area contributed by atoms with Gasteiger partial charge < -0.3 is 5.41 Å². The van der Waals surface area contributed by atoms with Crippen molar-refractivity contribution in [2.24, 2.45) is 9.98 Å². The van der Waals surface area contributed by atoms with Gasteiger partial charge in [0.2, 0.25) is 0 Å². The van der Waals surface area contributed by atoms with Crippen LogP contribution in [0.25, 0.3) is 33.1 Å². The van der Waals surface area contributed by atoms with Crippen LogP contribution in [-0.2, 0) is 0 Å². The number of aliphatic imine (C=N–C) groups is 2. The molecule has 12 nitrogen and oxygen atoms in total. The Labute approximate surface area is 179 Å². The maximum absolute atomic E-state index is 9.54. The number of hydrogen-bond acceptors (Lipinski definition) is 12. The van der Waals surface area contributed by atoms with Crippen LogP contribution < -0.4 is 0 Å². The Balaban J connectivity index is 2.37. The Kier molecular flexibility index (Phi) is 4.91. The van der Waals surface area contributed by atoms with Gasteiger partial charge in [0.15, 0.2) is 17.1 Å². The van der Waals surface area contributed by atoms with E-state index in [1.807, 2.05) is 18.2 Å². The van der Waals surface area contributed by atoms with E-state index >= 15 is 0 Å². The monoisotopic (exact) mass is 418 g/mol. The van der Waals surface area contributed by atoms with Crippen LogP contribution in [0.3, 0.4) is 0 Å². The van der Waals surface area contributed by atoms with Gasteiger partial charge in [-0.05, 0) is 0 Å². The van der Waals surface area contributed by atoms with E-state index in [2.05, 4.69) is 39.9 Å².